The lowest BCUT2D eigenvalue weighted by atomic mass is 10.1. The molecular weight excluding hydrogens is 376 g/mol. The first kappa shape index (κ1) is 21.1. The minimum atomic E-state index is -0.255. The number of hydrogen-bond donors (Lipinski definition) is 2. The molecule has 3 rings (SSSR count). The highest BCUT2D eigenvalue weighted by Gasteiger charge is 2.10. The van der Waals surface area contributed by atoms with E-state index in [1.807, 2.05) is 31.2 Å². The van der Waals surface area contributed by atoms with E-state index in [1.165, 1.54) is 5.56 Å². The Labute approximate surface area is 177 Å². The molecule has 0 aliphatic heterocycles. The summed E-state index contributed by atoms with van der Waals surface area (Å²) in [4.78, 5) is 24.8. The van der Waals surface area contributed by atoms with Gasteiger partial charge in [0.25, 0.3) is 11.8 Å². The summed E-state index contributed by atoms with van der Waals surface area (Å²) in [6, 6.07) is 24.1. The van der Waals surface area contributed by atoms with Gasteiger partial charge in [-0.3, -0.25) is 9.59 Å². The Balaban J connectivity index is 1.59. The molecule has 2 amide bonds. The second kappa shape index (κ2) is 10.8. The summed E-state index contributed by atoms with van der Waals surface area (Å²) >= 11 is 0. The zero-order chi connectivity index (χ0) is 21.2. The molecular formula is C25H26N2O3. The molecule has 0 saturated carbocycles. The predicted molar refractivity (Wildman–Crippen MR) is 119 cm³/mol. The third-order valence-corrected chi connectivity index (χ3v) is 4.52. The highest BCUT2D eigenvalue weighted by Crippen LogP contribution is 2.17. The van der Waals surface area contributed by atoms with Crippen LogP contribution in [0.1, 0.15) is 39.6 Å². The zero-order valence-electron chi connectivity index (χ0n) is 17.1. The highest BCUT2D eigenvalue weighted by atomic mass is 16.5. The first-order valence-corrected chi connectivity index (χ1v) is 10.1. The average Bonchev–Trinajstić information content (AvgIpc) is 2.78. The number of nitrogens with one attached hydrogen (secondary N) is 2. The monoisotopic (exact) mass is 402 g/mol. The molecule has 5 heteroatoms. The van der Waals surface area contributed by atoms with E-state index in [-0.39, 0.29) is 11.8 Å². The van der Waals surface area contributed by atoms with Gasteiger partial charge in [-0.2, -0.15) is 0 Å². The van der Waals surface area contributed by atoms with Crippen LogP contribution < -0.4 is 15.4 Å². The zero-order valence-corrected chi connectivity index (χ0v) is 17.1. The lowest BCUT2D eigenvalue weighted by molar-refractivity contribution is 0.0952. The largest absolute Gasteiger partial charge is 0.493 e. The Morgan fingerprint density at radius 2 is 1.57 bits per heavy atom. The van der Waals surface area contributed by atoms with Crippen molar-refractivity contribution in [3.05, 3.63) is 95.6 Å². The molecule has 3 aromatic carbocycles. The van der Waals surface area contributed by atoms with Crippen LogP contribution in [0.4, 0.5) is 5.69 Å². The Morgan fingerprint density at radius 1 is 0.833 bits per heavy atom. The van der Waals surface area contributed by atoms with Gasteiger partial charge in [0.15, 0.2) is 0 Å². The minimum absolute atomic E-state index is 0.151. The van der Waals surface area contributed by atoms with Crippen LogP contribution in [0.15, 0.2) is 78.9 Å². The van der Waals surface area contributed by atoms with Crippen LogP contribution in [0.2, 0.25) is 0 Å². The van der Waals surface area contributed by atoms with Crippen molar-refractivity contribution in [1.82, 2.24) is 5.32 Å². The van der Waals surface area contributed by atoms with Crippen LogP contribution >= 0.6 is 0 Å². The van der Waals surface area contributed by atoms with Crippen molar-refractivity contribution in [3.8, 4) is 5.75 Å². The Kier molecular flexibility index (Phi) is 7.61. The summed E-state index contributed by atoms with van der Waals surface area (Å²) in [5.74, 6) is 0.239. The molecule has 0 spiro atoms. The summed E-state index contributed by atoms with van der Waals surface area (Å²) in [5, 5.41) is 5.68. The van der Waals surface area contributed by atoms with E-state index < -0.39 is 0 Å². The minimum Gasteiger partial charge on any atom is -0.493 e. The summed E-state index contributed by atoms with van der Waals surface area (Å²) < 4.78 is 5.81. The number of carbonyl (C=O) groups is 2. The van der Waals surface area contributed by atoms with E-state index in [9.17, 15) is 9.59 Å². The molecule has 0 radical (unpaired) electrons. The normalized spacial score (nSPS) is 10.3. The lowest BCUT2D eigenvalue weighted by Gasteiger charge is -2.10. The summed E-state index contributed by atoms with van der Waals surface area (Å²) in [6.45, 7) is 3.15. The van der Waals surface area contributed by atoms with Crippen molar-refractivity contribution in [2.75, 3.05) is 18.5 Å². The fourth-order valence-electron chi connectivity index (χ4n) is 2.94. The number of benzene rings is 3. The van der Waals surface area contributed by atoms with Gasteiger partial charge in [-0.1, -0.05) is 49.4 Å². The number of ether oxygens (including phenoxy) is 1. The maximum Gasteiger partial charge on any atom is 0.255 e. The third-order valence-electron chi connectivity index (χ3n) is 4.52. The SMILES string of the molecule is CCCNC(=O)c1cccc(NC(=O)c2cccc(OCCc3ccccc3)c2)c1. The van der Waals surface area contributed by atoms with Crippen molar-refractivity contribution in [1.29, 1.82) is 0 Å². The smallest absolute Gasteiger partial charge is 0.255 e. The topological polar surface area (TPSA) is 67.4 Å². The van der Waals surface area contributed by atoms with E-state index >= 15 is 0 Å². The van der Waals surface area contributed by atoms with Gasteiger partial charge >= 0.3 is 0 Å². The van der Waals surface area contributed by atoms with E-state index in [1.54, 1.807) is 42.5 Å². The average molecular weight is 402 g/mol. The van der Waals surface area contributed by atoms with E-state index in [2.05, 4.69) is 22.8 Å². The van der Waals surface area contributed by atoms with E-state index in [4.69, 9.17) is 4.74 Å². The third kappa shape index (κ3) is 6.21. The van der Waals surface area contributed by atoms with Crippen molar-refractivity contribution in [2.45, 2.75) is 19.8 Å². The fourth-order valence-corrected chi connectivity index (χ4v) is 2.94. The highest BCUT2D eigenvalue weighted by molar-refractivity contribution is 6.05. The second-order valence-electron chi connectivity index (χ2n) is 6.90. The van der Waals surface area contributed by atoms with Gasteiger partial charge in [-0.15, -0.1) is 0 Å². The van der Waals surface area contributed by atoms with Gasteiger partial charge < -0.3 is 15.4 Å². The molecule has 0 aromatic heterocycles. The van der Waals surface area contributed by atoms with Crippen molar-refractivity contribution >= 4 is 17.5 Å². The number of hydrogen-bond acceptors (Lipinski definition) is 3. The first-order valence-electron chi connectivity index (χ1n) is 10.1. The first-order chi connectivity index (χ1) is 14.7. The Hall–Kier alpha value is -3.60. The van der Waals surface area contributed by atoms with Crippen LogP contribution in [0.3, 0.4) is 0 Å². The van der Waals surface area contributed by atoms with Crippen LogP contribution in [-0.2, 0) is 6.42 Å². The summed E-state index contributed by atoms with van der Waals surface area (Å²) in [5.41, 5.74) is 2.78. The van der Waals surface area contributed by atoms with Gasteiger partial charge in [-0.05, 0) is 48.4 Å². The fraction of sp³-hybridized carbons (Fsp3) is 0.200. The molecule has 30 heavy (non-hydrogen) atoms. The van der Waals surface area contributed by atoms with E-state index in [0.29, 0.717) is 35.7 Å². The van der Waals surface area contributed by atoms with Crippen molar-refractivity contribution in [3.63, 3.8) is 0 Å². The number of carbonyl (C=O) groups excluding carboxylic acids is 2. The Morgan fingerprint density at radius 3 is 2.33 bits per heavy atom. The van der Waals surface area contributed by atoms with Gasteiger partial charge in [0.2, 0.25) is 0 Å². The summed E-state index contributed by atoms with van der Waals surface area (Å²) in [6.07, 6.45) is 1.66. The molecule has 2 N–H and O–H groups in total. The van der Waals surface area contributed by atoms with Crippen molar-refractivity contribution < 1.29 is 14.3 Å². The van der Waals surface area contributed by atoms with E-state index in [0.717, 1.165) is 12.8 Å². The second-order valence-corrected chi connectivity index (χ2v) is 6.90. The quantitative estimate of drug-likeness (QED) is 0.545. The van der Waals surface area contributed by atoms with Crippen LogP contribution in [0.25, 0.3) is 0 Å². The molecule has 0 fully saturated rings. The molecule has 0 saturated heterocycles. The van der Waals surface area contributed by atoms with Crippen LogP contribution in [-0.4, -0.2) is 25.0 Å². The molecule has 154 valence electrons. The molecule has 5 nitrogen and oxygen atoms in total. The number of anilines is 1. The van der Waals surface area contributed by atoms with Crippen LogP contribution in [0, 0.1) is 0 Å². The molecule has 0 aliphatic rings. The van der Waals surface area contributed by atoms with Gasteiger partial charge in [0.05, 0.1) is 6.61 Å². The molecule has 0 aliphatic carbocycles. The van der Waals surface area contributed by atoms with Gasteiger partial charge in [0, 0.05) is 29.8 Å². The van der Waals surface area contributed by atoms with Gasteiger partial charge in [0.1, 0.15) is 5.75 Å². The molecule has 0 unspecified atom stereocenters. The number of amides is 2. The van der Waals surface area contributed by atoms with Crippen LogP contribution in [0.5, 0.6) is 5.75 Å². The molecule has 3 aromatic rings. The lowest BCUT2D eigenvalue weighted by Crippen LogP contribution is -2.24. The standard InChI is InChI=1S/C25H26N2O3/c1-2-15-26-24(28)20-10-6-12-22(17-20)27-25(29)21-11-7-13-23(18-21)30-16-14-19-8-4-3-5-9-19/h3-13,17-18H,2,14-16H2,1H3,(H,26,28)(H,27,29). The molecule has 0 heterocycles. The maximum atomic E-state index is 12.6. The van der Waals surface area contributed by atoms with Crippen molar-refractivity contribution in [2.24, 2.45) is 0 Å². The van der Waals surface area contributed by atoms with Gasteiger partial charge in [-0.25, -0.2) is 0 Å². The Bertz CT molecular complexity index is 986. The molecule has 0 atom stereocenters. The predicted octanol–water partition coefficient (Wildman–Crippen LogP) is 4.70. The maximum absolute atomic E-state index is 12.6. The summed E-state index contributed by atoms with van der Waals surface area (Å²) in [7, 11) is 0. The number of rotatable bonds is 9. The molecule has 0 bridgehead atoms.